The molecule has 106 valence electrons. The molecule has 0 spiro atoms. The molecule has 0 aliphatic heterocycles. The van der Waals surface area contributed by atoms with Crippen LogP contribution in [0.4, 0.5) is 4.39 Å². The molecule has 0 amide bonds. The second-order valence-electron chi connectivity index (χ2n) is 4.43. The summed E-state index contributed by atoms with van der Waals surface area (Å²) in [6, 6.07) is 6.46. The first-order chi connectivity index (χ1) is 9.78. The van der Waals surface area contributed by atoms with E-state index in [4.69, 9.17) is 0 Å². The van der Waals surface area contributed by atoms with Crippen LogP contribution in [0.3, 0.4) is 0 Å². The lowest BCUT2D eigenvalue weighted by Crippen LogP contribution is -2.14. The molecule has 1 aromatic carbocycles. The summed E-state index contributed by atoms with van der Waals surface area (Å²) in [5.41, 5.74) is 1.09. The number of benzene rings is 1. The quantitative estimate of drug-likeness (QED) is 0.626. The van der Waals surface area contributed by atoms with E-state index in [2.05, 4.69) is 22.2 Å². The predicted octanol–water partition coefficient (Wildman–Crippen LogP) is 3.41. The van der Waals surface area contributed by atoms with Gasteiger partial charge in [-0.3, -0.25) is 0 Å². The lowest BCUT2D eigenvalue weighted by Gasteiger charge is -2.04. The molecule has 0 saturated carbocycles. The number of nitrogens with zero attached hydrogens (tertiary/aromatic N) is 2. The summed E-state index contributed by atoms with van der Waals surface area (Å²) in [7, 11) is 0. The normalized spacial score (nSPS) is 10.7. The van der Waals surface area contributed by atoms with Gasteiger partial charge in [0.05, 0.1) is 5.75 Å². The van der Waals surface area contributed by atoms with E-state index in [9.17, 15) is 4.39 Å². The third kappa shape index (κ3) is 4.90. The fraction of sp³-hybridized carbons (Fsp3) is 0.333. The molecule has 1 heterocycles. The summed E-state index contributed by atoms with van der Waals surface area (Å²) >= 11 is 1.60. The molecule has 0 aliphatic rings. The number of hydrogen-bond acceptors (Lipinski definition) is 4. The maximum Gasteiger partial charge on any atom is 0.138 e. The van der Waals surface area contributed by atoms with Gasteiger partial charge in [0, 0.05) is 29.4 Å². The molecule has 20 heavy (non-hydrogen) atoms. The van der Waals surface area contributed by atoms with E-state index in [0.29, 0.717) is 5.75 Å². The van der Waals surface area contributed by atoms with Gasteiger partial charge in [-0.25, -0.2) is 14.4 Å². The highest BCUT2D eigenvalue weighted by Crippen LogP contribution is 2.21. The molecule has 0 radical (unpaired) electrons. The van der Waals surface area contributed by atoms with Crippen molar-refractivity contribution in [2.45, 2.75) is 30.5 Å². The van der Waals surface area contributed by atoms with Gasteiger partial charge >= 0.3 is 0 Å². The number of nitrogens with one attached hydrogen (secondary N) is 1. The maximum atomic E-state index is 12.8. The van der Waals surface area contributed by atoms with Crippen LogP contribution in [0, 0.1) is 5.82 Å². The lowest BCUT2D eigenvalue weighted by atomic mass is 10.3. The van der Waals surface area contributed by atoms with Gasteiger partial charge in [0.25, 0.3) is 0 Å². The largest absolute Gasteiger partial charge is 0.313 e. The van der Waals surface area contributed by atoms with Gasteiger partial charge in [-0.1, -0.05) is 6.92 Å². The highest BCUT2D eigenvalue weighted by Gasteiger charge is 2.00. The van der Waals surface area contributed by atoms with Gasteiger partial charge in [-0.15, -0.1) is 11.8 Å². The third-order valence-electron chi connectivity index (χ3n) is 2.70. The Morgan fingerprint density at radius 3 is 2.50 bits per heavy atom. The molecular weight excluding hydrogens is 273 g/mol. The van der Waals surface area contributed by atoms with E-state index in [1.807, 2.05) is 12.4 Å². The number of aromatic nitrogens is 2. The van der Waals surface area contributed by atoms with Gasteiger partial charge in [-0.2, -0.15) is 0 Å². The minimum Gasteiger partial charge on any atom is -0.313 e. The fourth-order valence-electron chi connectivity index (χ4n) is 1.64. The minimum atomic E-state index is -0.213. The van der Waals surface area contributed by atoms with Crippen LogP contribution < -0.4 is 5.32 Å². The van der Waals surface area contributed by atoms with Crippen LogP contribution in [0.15, 0.2) is 41.6 Å². The zero-order valence-electron chi connectivity index (χ0n) is 11.5. The maximum absolute atomic E-state index is 12.8. The molecule has 0 saturated heterocycles. The van der Waals surface area contributed by atoms with Crippen LogP contribution in [0.25, 0.3) is 0 Å². The molecular formula is C15H18FN3S. The Morgan fingerprint density at radius 2 is 1.85 bits per heavy atom. The molecule has 1 aromatic heterocycles. The van der Waals surface area contributed by atoms with Crippen LogP contribution in [0.1, 0.15) is 24.7 Å². The van der Waals surface area contributed by atoms with Crippen LogP contribution in [-0.4, -0.2) is 16.5 Å². The third-order valence-corrected chi connectivity index (χ3v) is 3.70. The SMILES string of the molecule is CCCNCc1cnc(CSc2ccc(F)cc2)nc1. The molecule has 5 heteroatoms. The second kappa shape index (κ2) is 7.97. The molecule has 2 aromatic rings. The monoisotopic (exact) mass is 291 g/mol. The Balaban J connectivity index is 1.82. The molecule has 0 aliphatic carbocycles. The van der Waals surface area contributed by atoms with Crippen molar-refractivity contribution in [3.05, 3.63) is 53.9 Å². The first kappa shape index (κ1) is 14.9. The van der Waals surface area contributed by atoms with Crippen molar-refractivity contribution in [2.24, 2.45) is 0 Å². The lowest BCUT2D eigenvalue weighted by molar-refractivity contribution is 0.626. The van der Waals surface area contributed by atoms with Crippen LogP contribution >= 0.6 is 11.8 Å². The van der Waals surface area contributed by atoms with Gasteiger partial charge in [0.15, 0.2) is 0 Å². The Hall–Kier alpha value is -1.46. The average molecular weight is 291 g/mol. The molecule has 3 nitrogen and oxygen atoms in total. The fourth-order valence-corrected chi connectivity index (χ4v) is 2.41. The first-order valence-corrected chi connectivity index (χ1v) is 7.65. The number of hydrogen-bond donors (Lipinski definition) is 1. The van der Waals surface area contributed by atoms with Gasteiger partial charge < -0.3 is 5.32 Å². The highest BCUT2D eigenvalue weighted by molar-refractivity contribution is 7.98. The van der Waals surface area contributed by atoms with E-state index < -0.39 is 0 Å². The summed E-state index contributed by atoms with van der Waals surface area (Å²) in [6.07, 6.45) is 4.83. The Labute approximate surface area is 123 Å². The minimum absolute atomic E-state index is 0.213. The molecule has 2 rings (SSSR count). The second-order valence-corrected chi connectivity index (χ2v) is 5.48. The zero-order chi connectivity index (χ0) is 14.2. The van der Waals surface area contributed by atoms with Crippen molar-refractivity contribution in [1.82, 2.24) is 15.3 Å². The molecule has 1 N–H and O–H groups in total. The Bertz CT molecular complexity index is 514. The topological polar surface area (TPSA) is 37.8 Å². The Morgan fingerprint density at radius 1 is 1.15 bits per heavy atom. The van der Waals surface area contributed by atoms with Gasteiger partial charge in [0.1, 0.15) is 11.6 Å². The van der Waals surface area contributed by atoms with E-state index in [1.165, 1.54) is 12.1 Å². The van der Waals surface area contributed by atoms with Crippen molar-refractivity contribution < 1.29 is 4.39 Å². The highest BCUT2D eigenvalue weighted by atomic mass is 32.2. The van der Waals surface area contributed by atoms with Crippen LogP contribution in [0.2, 0.25) is 0 Å². The first-order valence-electron chi connectivity index (χ1n) is 6.67. The smallest absolute Gasteiger partial charge is 0.138 e. The summed E-state index contributed by atoms with van der Waals surface area (Å²) in [5.74, 6) is 1.27. The summed E-state index contributed by atoms with van der Waals surface area (Å²) in [6.45, 7) is 3.95. The molecule has 0 unspecified atom stereocenters. The van der Waals surface area contributed by atoms with E-state index >= 15 is 0 Å². The number of thioether (sulfide) groups is 1. The van der Waals surface area contributed by atoms with E-state index in [0.717, 1.165) is 35.8 Å². The molecule has 0 atom stereocenters. The van der Waals surface area contributed by atoms with Crippen LogP contribution in [-0.2, 0) is 12.3 Å². The number of rotatable bonds is 7. The standard InChI is InChI=1S/C15H18FN3S/c1-2-7-17-8-12-9-18-15(19-10-12)11-20-14-5-3-13(16)4-6-14/h3-6,9-10,17H,2,7-8,11H2,1H3. The Kier molecular flexibility index (Phi) is 5.95. The summed E-state index contributed by atoms with van der Waals surface area (Å²) < 4.78 is 12.8. The molecule has 0 fully saturated rings. The van der Waals surface area contributed by atoms with Crippen molar-refractivity contribution in [1.29, 1.82) is 0 Å². The van der Waals surface area contributed by atoms with Crippen molar-refractivity contribution in [3.8, 4) is 0 Å². The zero-order valence-corrected chi connectivity index (χ0v) is 12.3. The summed E-state index contributed by atoms with van der Waals surface area (Å²) in [5, 5.41) is 3.31. The molecule has 0 bridgehead atoms. The van der Waals surface area contributed by atoms with Gasteiger partial charge in [-0.05, 0) is 37.2 Å². The average Bonchev–Trinajstić information content (AvgIpc) is 2.48. The van der Waals surface area contributed by atoms with Crippen molar-refractivity contribution in [3.63, 3.8) is 0 Å². The van der Waals surface area contributed by atoms with Crippen molar-refractivity contribution >= 4 is 11.8 Å². The van der Waals surface area contributed by atoms with E-state index in [-0.39, 0.29) is 5.82 Å². The van der Waals surface area contributed by atoms with Crippen LogP contribution in [0.5, 0.6) is 0 Å². The number of halogens is 1. The summed E-state index contributed by atoms with van der Waals surface area (Å²) in [4.78, 5) is 9.71. The van der Waals surface area contributed by atoms with Gasteiger partial charge in [0.2, 0.25) is 0 Å². The predicted molar refractivity (Wildman–Crippen MR) is 80.0 cm³/mol. The van der Waals surface area contributed by atoms with E-state index in [1.54, 1.807) is 23.9 Å². The van der Waals surface area contributed by atoms with Crippen molar-refractivity contribution in [2.75, 3.05) is 6.54 Å².